The van der Waals surface area contributed by atoms with E-state index < -0.39 is 0 Å². The van der Waals surface area contributed by atoms with Crippen LogP contribution in [0.1, 0.15) is 61.6 Å². The highest BCUT2D eigenvalue weighted by molar-refractivity contribution is 5.95. The molecule has 6 rings (SSSR count). The van der Waals surface area contributed by atoms with Crippen LogP contribution in [0.5, 0.6) is 17.2 Å². The van der Waals surface area contributed by atoms with Gasteiger partial charge in [0.1, 0.15) is 29.7 Å². The van der Waals surface area contributed by atoms with E-state index in [9.17, 15) is 9.90 Å². The van der Waals surface area contributed by atoms with Gasteiger partial charge >= 0.3 is 0 Å². The van der Waals surface area contributed by atoms with Crippen LogP contribution in [0, 0.1) is 0 Å². The third kappa shape index (κ3) is 6.23. The molecule has 1 aromatic heterocycles. The van der Waals surface area contributed by atoms with Gasteiger partial charge in [0.15, 0.2) is 0 Å². The summed E-state index contributed by atoms with van der Waals surface area (Å²) in [5, 5.41) is 20.6. The molecule has 0 saturated heterocycles. The number of rotatable bonds is 9. The monoisotopic (exact) mass is 606 g/mol. The number of methoxy groups -OCH3 is 1. The molecule has 8 nitrogen and oxygen atoms in total. The minimum atomic E-state index is -0.178. The van der Waals surface area contributed by atoms with E-state index >= 15 is 0 Å². The van der Waals surface area contributed by atoms with Crippen molar-refractivity contribution >= 4 is 22.5 Å². The first-order chi connectivity index (χ1) is 21.9. The average molecular weight is 607 g/mol. The summed E-state index contributed by atoms with van der Waals surface area (Å²) >= 11 is 0. The Balaban J connectivity index is 1.43. The molecule has 8 heteroatoms. The van der Waals surface area contributed by atoms with Gasteiger partial charge in [-0.2, -0.15) is 0 Å². The molecule has 1 aliphatic carbocycles. The molecule has 3 aromatic carbocycles. The van der Waals surface area contributed by atoms with E-state index in [4.69, 9.17) is 9.47 Å². The number of phenols is 1. The number of ether oxygens (including phenoxy) is 2. The van der Waals surface area contributed by atoms with Gasteiger partial charge in [0, 0.05) is 48.6 Å². The zero-order valence-corrected chi connectivity index (χ0v) is 26.3. The van der Waals surface area contributed by atoms with Crippen LogP contribution in [0.3, 0.4) is 0 Å². The van der Waals surface area contributed by atoms with E-state index in [-0.39, 0.29) is 11.7 Å². The summed E-state index contributed by atoms with van der Waals surface area (Å²) in [5.74, 6) is 2.74. The van der Waals surface area contributed by atoms with Gasteiger partial charge in [-0.1, -0.05) is 50.1 Å². The molecule has 1 fully saturated rings. The van der Waals surface area contributed by atoms with Crippen molar-refractivity contribution in [3.05, 3.63) is 95.5 Å². The first kappa shape index (κ1) is 30.2. The van der Waals surface area contributed by atoms with E-state index in [0.29, 0.717) is 30.5 Å². The molecule has 1 amide bonds. The van der Waals surface area contributed by atoms with Crippen molar-refractivity contribution in [2.24, 2.45) is 0 Å². The lowest BCUT2D eigenvalue weighted by Gasteiger charge is -2.23. The predicted molar refractivity (Wildman–Crippen MR) is 179 cm³/mol. The van der Waals surface area contributed by atoms with Gasteiger partial charge in [0.25, 0.3) is 0 Å². The van der Waals surface area contributed by atoms with E-state index in [1.165, 1.54) is 55.7 Å². The lowest BCUT2D eigenvalue weighted by Crippen LogP contribution is -2.33. The van der Waals surface area contributed by atoms with Crippen LogP contribution in [-0.4, -0.2) is 36.3 Å². The zero-order valence-electron chi connectivity index (χ0n) is 26.3. The number of hydrogen-bond acceptors (Lipinski definition) is 6. The Morgan fingerprint density at radius 3 is 2.53 bits per heavy atom. The summed E-state index contributed by atoms with van der Waals surface area (Å²) in [6, 6.07) is 19.8. The fraction of sp³-hybridized carbons (Fsp3) is 0.324. The highest BCUT2D eigenvalue weighted by atomic mass is 16.5. The average Bonchev–Trinajstić information content (AvgIpc) is 3.25. The molecule has 0 atom stereocenters. The molecule has 1 aliphatic heterocycles. The second-order valence-electron chi connectivity index (χ2n) is 11.9. The molecule has 0 spiro atoms. The maximum absolute atomic E-state index is 12.0. The van der Waals surface area contributed by atoms with E-state index in [2.05, 4.69) is 51.4 Å². The number of nitrogens with one attached hydrogen (secondary N) is 3. The van der Waals surface area contributed by atoms with Crippen molar-refractivity contribution in [2.75, 3.05) is 20.8 Å². The number of allylic oxidation sites excluding steroid dienone is 1. The van der Waals surface area contributed by atoms with Crippen LogP contribution in [0.4, 0.5) is 0 Å². The molecule has 0 unspecified atom stereocenters. The van der Waals surface area contributed by atoms with Gasteiger partial charge in [-0.3, -0.25) is 4.79 Å². The van der Waals surface area contributed by atoms with Crippen molar-refractivity contribution in [3.8, 4) is 28.5 Å². The lowest BCUT2D eigenvalue weighted by atomic mass is 9.81. The molecule has 234 valence electrons. The van der Waals surface area contributed by atoms with Gasteiger partial charge < -0.3 is 35.1 Å². The summed E-state index contributed by atoms with van der Waals surface area (Å²) < 4.78 is 14.3. The van der Waals surface area contributed by atoms with Crippen LogP contribution in [-0.2, 0) is 17.8 Å². The Morgan fingerprint density at radius 2 is 1.82 bits per heavy atom. The van der Waals surface area contributed by atoms with Crippen LogP contribution in [0.2, 0.25) is 0 Å². The molecule has 45 heavy (non-hydrogen) atoms. The minimum absolute atomic E-state index is 0.178. The number of carbonyl (C=O) groups is 1. The van der Waals surface area contributed by atoms with Crippen LogP contribution >= 0.6 is 0 Å². The first-order valence-electron chi connectivity index (χ1n) is 15.8. The van der Waals surface area contributed by atoms with Crippen LogP contribution < -0.4 is 25.4 Å². The van der Waals surface area contributed by atoms with Crippen molar-refractivity contribution in [1.29, 1.82) is 0 Å². The third-order valence-corrected chi connectivity index (χ3v) is 8.95. The second-order valence-corrected chi connectivity index (χ2v) is 11.9. The summed E-state index contributed by atoms with van der Waals surface area (Å²) in [4.78, 5) is 12.0. The number of nitrogens with zero attached hydrogens (tertiary/aromatic N) is 1. The quantitative estimate of drug-likeness (QED) is 0.168. The number of phenolic OH excluding ortho intramolecular Hbond substituents is 1. The number of benzene rings is 3. The molecular weight excluding hydrogens is 564 g/mol. The first-order valence-corrected chi connectivity index (χ1v) is 15.8. The van der Waals surface area contributed by atoms with Crippen LogP contribution in [0.25, 0.3) is 27.9 Å². The number of amides is 1. The van der Waals surface area contributed by atoms with Gasteiger partial charge in [-0.15, -0.1) is 0 Å². The van der Waals surface area contributed by atoms with E-state index in [1.54, 1.807) is 26.3 Å². The van der Waals surface area contributed by atoms with Crippen LogP contribution in [0.15, 0.2) is 78.8 Å². The number of aromatic hydroxyl groups is 1. The third-order valence-electron chi connectivity index (χ3n) is 8.95. The van der Waals surface area contributed by atoms with Gasteiger partial charge in [0.05, 0.1) is 25.0 Å². The summed E-state index contributed by atoms with van der Waals surface area (Å²) in [6.45, 7) is 7.21. The number of hydrogen-bond donors (Lipinski definition) is 4. The maximum Gasteiger partial charge on any atom is 0.222 e. The highest BCUT2D eigenvalue weighted by Crippen LogP contribution is 2.48. The normalized spacial score (nSPS) is 15.2. The fourth-order valence-electron chi connectivity index (χ4n) is 6.81. The van der Waals surface area contributed by atoms with Crippen molar-refractivity contribution < 1.29 is 19.4 Å². The molecule has 4 aromatic rings. The topological polar surface area (TPSA) is 96.8 Å². The maximum atomic E-state index is 12.0. The smallest absolute Gasteiger partial charge is 0.222 e. The molecule has 2 heterocycles. The summed E-state index contributed by atoms with van der Waals surface area (Å²) in [7, 11) is 3.46. The Kier molecular flexibility index (Phi) is 8.74. The zero-order chi connectivity index (χ0) is 31.5. The highest BCUT2D eigenvalue weighted by Gasteiger charge is 2.29. The van der Waals surface area contributed by atoms with Gasteiger partial charge in [-0.05, 0) is 65.8 Å². The van der Waals surface area contributed by atoms with Crippen molar-refractivity contribution in [2.45, 2.75) is 57.9 Å². The molecule has 4 N–H and O–H groups in total. The molecule has 1 saturated carbocycles. The fourth-order valence-corrected chi connectivity index (χ4v) is 6.81. The Hall–Kier alpha value is -4.85. The molecule has 0 radical (unpaired) electrons. The standard InChI is InChI=1S/C37H42N4O4/c1-23(39-32(37(38-3)40-24(2)42)20-25-10-13-28(43)14-11-25)27-12-16-30-33(21-27)41-18-19-45-34-22-29(44-4)15-17-31(34)36(41)35(30)26-8-6-5-7-9-26/h10-17,21-22,26,38-39,43H,1,5-9,18-20H2,2-4H3,(H,40,42)/b37-32-. The molecule has 2 aliphatic rings. The van der Waals surface area contributed by atoms with Gasteiger partial charge in [-0.25, -0.2) is 0 Å². The van der Waals surface area contributed by atoms with Crippen molar-refractivity contribution in [3.63, 3.8) is 0 Å². The Labute approximate surface area is 264 Å². The molecular formula is C37H42N4O4. The van der Waals surface area contributed by atoms with Crippen molar-refractivity contribution in [1.82, 2.24) is 20.5 Å². The number of carbonyl (C=O) groups excluding carboxylic acids is 1. The summed E-state index contributed by atoms with van der Waals surface area (Å²) in [5.41, 5.74) is 8.35. The largest absolute Gasteiger partial charge is 0.508 e. The number of fused-ring (bicyclic) bond motifs is 5. The molecule has 0 bridgehead atoms. The second kappa shape index (κ2) is 13.0. The van der Waals surface area contributed by atoms with Gasteiger partial charge in [0.2, 0.25) is 5.91 Å². The summed E-state index contributed by atoms with van der Waals surface area (Å²) in [6.07, 6.45) is 6.66. The van der Waals surface area contributed by atoms with E-state index in [1.807, 2.05) is 24.3 Å². The predicted octanol–water partition coefficient (Wildman–Crippen LogP) is 6.79. The minimum Gasteiger partial charge on any atom is -0.508 e. The number of aromatic nitrogens is 1. The SMILES string of the molecule is C=C(N/C(Cc1ccc(O)cc1)=C(/NC)NC(C)=O)c1ccc2c(C3CCCCC3)c3n(c2c1)CCOc1cc(OC)ccc1-3. The Morgan fingerprint density at radius 1 is 1.04 bits per heavy atom. The lowest BCUT2D eigenvalue weighted by molar-refractivity contribution is -0.118. The Bertz CT molecular complexity index is 1760. The van der Waals surface area contributed by atoms with E-state index in [0.717, 1.165) is 45.9 Å².